The highest BCUT2D eigenvalue weighted by Crippen LogP contribution is 2.31. The molecule has 0 aliphatic carbocycles. The minimum absolute atomic E-state index is 0.264. The molecule has 0 amide bonds. The van der Waals surface area contributed by atoms with E-state index in [0.717, 1.165) is 31.4 Å². The van der Waals surface area contributed by atoms with Crippen LogP contribution < -0.4 is 0 Å². The van der Waals surface area contributed by atoms with E-state index in [1.807, 2.05) is 0 Å². The molecule has 1 saturated heterocycles. The summed E-state index contributed by atoms with van der Waals surface area (Å²) in [5, 5.41) is 8.90. The largest absolute Gasteiger partial charge is 0.481 e. The topological polar surface area (TPSA) is 54.4 Å². The first kappa shape index (κ1) is 11.0. The Bertz CT molecular complexity index is 206. The molecule has 3 nitrogen and oxygen atoms in total. The first-order valence-corrected chi connectivity index (χ1v) is 7.17. The second kappa shape index (κ2) is 5.65. The SMILES string of the molecule is O=C(O)CCCC[C@@H]1CC[S@@](=O)S1. The highest BCUT2D eigenvalue weighted by atomic mass is 33.1. The van der Waals surface area contributed by atoms with Crippen LogP contribution in [-0.4, -0.2) is 26.3 Å². The monoisotopic (exact) mass is 222 g/mol. The number of carboxylic acid groups (broad SMARTS) is 1. The molecule has 2 atom stereocenters. The second-order valence-corrected chi connectivity index (χ2v) is 6.72. The summed E-state index contributed by atoms with van der Waals surface area (Å²) in [7, 11) is 0.882. The van der Waals surface area contributed by atoms with Gasteiger partial charge in [-0.15, -0.1) is 0 Å². The van der Waals surface area contributed by atoms with E-state index in [-0.39, 0.29) is 6.42 Å². The number of hydrogen-bond acceptors (Lipinski definition) is 3. The molecule has 1 aliphatic rings. The minimum atomic E-state index is -0.720. The zero-order valence-corrected chi connectivity index (χ0v) is 9.03. The smallest absolute Gasteiger partial charge is 0.303 e. The van der Waals surface area contributed by atoms with Crippen molar-refractivity contribution >= 4 is 26.6 Å². The summed E-state index contributed by atoms with van der Waals surface area (Å²) in [5.74, 6) is 0.0940. The number of rotatable bonds is 5. The Morgan fingerprint density at radius 2 is 2.31 bits per heavy atom. The average Bonchev–Trinajstić information content (AvgIpc) is 2.45. The van der Waals surface area contributed by atoms with E-state index in [0.29, 0.717) is 5.25 Å². The molecule has 0 aromatic carbocycles. The fourth-order valence-electron chi connectivity index (χ4n) is 1.32. The third kappa shape index (κ3) is 4.67. The van der Waals surface area contributed by atoms with Crippen molar-refractivity contribution in [2.24, 2.45) is 0 Å². The van der Waals surface area contributed by atoms with Gasteiger partial charge in [0.15, 0.2) is 0 Å². The van der Waals surface area contributed by atoms with Crippen LogP contribution >= 0.6 is 10.8 Å². The number of carbonyl (C=O) groups is 1. The molecule has 0 unspecified atom stereocenters. The van der Waals surface area contributed by atoms with Crippen molar-refractivity contribution in [2.45, 2.75) is 37.4 Å². The lowest BCUT2D eigenvalue weighted by atomic mass is 10.1. The van der Waals surface area contributed by atoms with Crippen LogP contribution in [0.3, 0.4) is 0 Å². The zero-order chi connectivity index (χ0) is 9.68. The van der Waals surface area contributed by atoms with Gasteiger partial charge in [0.25, 0.3) is 0 Å². The number of aliphatic carboxylic acids is 1. The Kier molecular flexibility index (Phi) is 4.80. The lowest BCUT2D eigenvalue weighted by Crippen LogP contribution is -1.99. The van der Waals surface area contributed by atoms with E-state index < -0.39 is 15.8 Å². The van der Waals surface area contributed by atoms with Gasteiger partial charge in [-0.3, -0.25) is 4.79 Å². The molecule has 76 valence electrons. The van der Waals surface area contributed by atoms with Gasteiger partial charge in [-0.25, -0.2) is 4.21 Å². The molecule has 0 bridgehead atoms. The first-order valence-electron chi connectivity index (χ1n) is 4.46. The fourth-order valence-corrected chi connectivity index (χ4v) is 4.88. The van der Waals surface area contributed by atoms with E-state index in [1.165, 1.54) is 0 Å². The third-order valence-electron chi connectivity index (χ3n) is 2.02. The molecule has 0 aromatic rings. The molecule has 5 heteroatoms. The summed E-state index contributed by atoms with van der Waals surface area (Å²) in [5.41, 5.74) is 0. The van der Waals surface area contributed by atoms with Crippen molar-refractivity contribution < 1.29 is 14.1 Å². The predicted octanol–water partition coefficient (Wildman–Crippen LogP) is 1.80. The molecular formula is C8H14O3S2. The quantitative estimate of drug-likeness (QED) is 0.569. The summed E-state index contributed by atoms with van der Waals surface area (Å²) in [4.78, 5) is 10.2. The molecule has 0 radical (unpaired) electrons. The molecular weight excluding hydrogens is 208 g/mol. The molecule has 1 N–H and O–H groups in total. The highest BCUT2D eigenvalue weighted by Gasteiger charge is 2.21. The van der Waals surface area contributed by atoms with E-state index in [2.05, 4.69) is 0 Å². The van der Waals surface area contributed by atoms with Gasteiger partial charge >= 0.3 is 5.97 Å². The van der Waals surface area contributed by atoms with E-state index in [1.54, 1.807) is 10.8 Å². The van der Waals surface area contributed by atoms with Gasteiger partial charge < -0.3 is 5.11 Å². The van der Waals surface area contributed by atoms with Crippen LogP contribution in [0.5, 0.6) is 0 Å². The van der Waals surface area contributed by atoms with Crippen LogP contribution in [0.15, 0.2) is 0 Å². The summed E-state index contributed by atoms with van der Waals surface area (Å²) < 4.78 is 11.0. The predicted molar refractivity (Wildman–Crippen MR) is 55.1 cm³/mol. The highest BCUT2D eigenvalue weighted by molar-refractivity contribution is 8.69. The van der Waals surface area contributed by atoms with Gasteiger partial charge in [0.2, 0.25) is 0 Å². The molecule has 13 heavy (non-hydrogen) atoms. The van der Waals surface area contributed by atoms with Crippen molar-refractivity contribution in [3.05, 3.63) is 0 Å². The summed E-state index contributed by atoms with van der Waals surface area (Å²) in [6.07, 6.45) is 4.01. The summed E-state index contributed by atoms with van der Waals surface area (Å²) in [6, 6.07) is 0. The molecule has 1 aliphatic heterocycles. The van der Waals surface area contributed by atoms with Crippen molar-refractivity contribution in [3.8, 4) is 0 Å². The van der Waals surface area contributed by atoms with Crippen molar-refractivity contribution in [3.63, 3.8) is 0 Å². The maximum absolute atomic E-state index is 11.0. The third-order valence-corrected chi connectivity index (χ3v) is 5.50. The number of carboxylic acids is 1. The normalized spacial score (nSPS) is 27.7. The molecule has 0 saturated carbocycles. The van der Waals surface area contributed by atoms with Gasteiger partial charge in [-0.2, -0.15) is 0 Å². The Hall–Kier alpha value is -0.0300. The van der Waals surface area contributed by atoms with Gasteiger partial charge in [0, 0.05) is 17.4 Å². The first-order chi connectivity index (χ1) is 6.18. The van der Waals surface area contributed by atoms with Crippen LogP contribution in [0.25, 0.3) is 0 Å². The van der Waals surface area contributed by atoms with Crippen molar-refractivity contribution in [1.82, 2.24) is 0 Å². The van der Waals surface area contributed by atoms with Crippen molar-refractivity contribution in [1.29, 1.82) is 0 Å². The maximum Gasteiger partial charge on any atom is 0.303 e. The van der Waals surface area contributed by atoms with Gasteiger partial charge in [-0.1, -0.05) is 17.2 Å². The van der Waals surface area contributed by atoms with Crippen LogP contribution in [0.1, 0.15) is 32.1 Å². The van der Waals surface area contributed by atoms with E-state index >= 15 is 0 Å². The van der Waals surface area contributed by atoms with Crippen molar-refractivity contribution in [2.75, 3.05) is 5.75 Å². The molecule has 1 rings (SSSR count). The summed E-state index contributed by atoms with van der Waals surface area (Å²) in [6.45, 7) is 0. The van der Waals surface area contributed by atoms with Gasteiger partial charge in [0.05, 0.1) is 9.83 Å². The maximum atomic E-state index is 11.0. The van der Waals surface area contributed by atoms with Crippen LogP contribution in [-0.2, 0) is 14.6 Å². The Labute approximate surface area is 84.1 Å². The zero-order valence-electron chi connectivity index (χ0n) is 7.40. The Balaban J connectivity index is 2.00. The lowest BCUT2D eigenvalue weighted by Gasteiger charge is -2.04. The van der Waals surface area contributed by atoms with Crippen LogP contribution in [0.4, 0.5) is 0 Å². The van der Waals surface area contributed by atoms with E-state index in [4.69, 9.17) is 5.11 Å². The fraction of sp³-hybridized carbons (Fsp3) is 0.875. The Morgan fingerprint density at radius 3 is 2.85 bits per heavy atom. The standard InChI is InChI=1S/C8H14O3S2/c9-8(10)4-2-1-3-7-5-6-13(11)12-7/h7H,1-6H2,(H,9,10)/t7-,13+/m1/s1. The van der Waals surface area contributed by atoms with Crippen LogP contribution in [0.2, 0.25) is 0 Å². The van der Waals surface area contributed by atoms with Gasteiger partial charge in [-0.05, 0) is 19.3 Å². The van der Waals surface area contributed by atoms with Gasteiger partial charge in [0.1, 0.15) is 0 Å². The number of unbranched alkanes of at least 4 members (excludes halogenated alkanes) is 1. The average molecular weight is 222 g/mol. The summed E-state index contributed by atoms with van der Waals surface area (Å²) >= 11 is 0. The molecule has 0 aromatic heterocycles. The Morgan fingerprint density at radius 1 is 1.54 bits per heavy atom. The second-order valence-electron chi connectivity index (χ2n) is 3.15. The van der Waals surface area contributed by atoms with Crippen LogP contribution in [0, 0.1) is 0 Å². The lowest BCUT2D eigenvalue weighted by molar-refractivity contribution is -0.137. The van der Waals surface area contributed by atoms with E-state index in [9.17, 15) is 9.00 Å². The minimum Gasteiger partial charge on any atom is -0.481 e. The number of hydrogen-bond donors (Lipinski definition) is 1. The molecule has 1 fully saturated rings. The molecule has 0 spiro atoms. The molecule has 1 heterocycles.